The Labute approximate surface area is 125 Å². The van der Waals surface area contributed by atoms with Gasteiger partial charge in [0.1, 0.15) is 0 Å². The van der Waals surface area contributed by atoms with Gasteiger partial charge in [-0.15, -0.1) is 0 Å². The highest BCUT2D eigenvalue weighted by atomic mass is 127. The second-order valence-corrected chi connectivity index (χ2v) is 4.72. The molecule has 4 heteroatoms. The van der Waals surface area contributed by atoms with Crippen LogP contribution in [-0.2, 0) is 16.1 Å². The summed E-state index contributed by atoms with van der Waals surface area (Å²) in [7, 11) is 0. The van der Waals surface area contributed by atoms with E-state index in [2.05, 4.69) is 51.8 Å². The summed E-state index contributed by atoms with van der Waals surface area (Å²) in [6.07, 6.45) is 2.19. The first-order valence-corrected chi connectivity index (χ1v) is 6.63. The summed E-state index contributed by atoms with van der Waals surface area (Å²) in [6.45, 7) is 0.742. The van der Waals surface area contributed by atoms with Crippen LogP contribution in [0.2, 0.25) is 0 Å². The van der Waals surface area contributed by atoms with Crippen molar-refractivity contribution >= 4 is 35.0 Å². The van der Waals surface area contributed by atoms with Crippen molar-refractivity contribution in [2.45, 2.75) is 6.54 Å². The highest BCUT2D eigenvalue weighted by Crippen LogP contribution is 2.09. The summed E-state index contributed by atoms with van der Waals surface area (Å²) in [5, 5.41) is 0. The van der Waals surface area contributed by atoms with Crippen LogP contribution in [0.4, 0.5) is 0 Å². The van der Waals surface area contributed by atoms with Crippen LogP contribution >= 0.6 is 22.6 Å². The van der Waals surface area contributed by atoms with Gasteiger partial charge in [0.05, 0.1) is 6.54 Å². The summed E-state index contributed by atoms with van der Waals surface area (Å²) in [5.74, 6) is 0. The molecule has 0 bridgehead atoms. The van der Waals surface area contributed by atoms with Crippen molar-refractivity contribution in [2.24, 2.45) is 4.99 Å². The Morgan fingerprint density at radius 1 is 1.00 bits per heavy atom. The number of rotatable bonds is 3. The normalized spacial score (nSPS) is 9.53. The third-order valence-electron chi connectivity index (χ3n) is 2.25. The molecule has 0 saturated heterocycles. The lowest BCUT2D eigenvalue weighted by atomic mass is 10.2. The van der Waals surface area contributed by atoms with E-state index in [4.69, 9.17) is 9.59 Å². The Bertz CT molecular complexity index is 561. The molecule has 96 valence electrons. The standard InChI is InChI=1S/C14H12IN.CO2/c15-14-9-5-4-8-13(14)11-16-10-12-6-2-1-3-7-12;2-1-3/h1-9,11H,10H2;. The Kier molecular flexibility index (Phi) is 7.39. The smallest absolute Gasteiger partial charge is 0.288 e. The van der Waals surface area contributed by atoms with E-state index in [9.17, 15) is 0 Å². The van der Waals surface area contributed by atoms with Gasteiger partial charge in [-0.25, -0.2) is 0 Å². The minimum Gasteiger partial charge on any atom is -0.288 e. The average Bonchev–Trinajstić information content (AvgIpc) is 2.43. The molecular weight excluding hydrogens is 353 g/mol. The molecule has 19 heavy (non-hydrogen) atoms. The molecule has 3 nitrogen and oxygen atoms in total. The van der Waals surface area contributed by atoms with Crippen molar-refractivity contribution < 1.29 is 9.59 Å². The molecule has 0 fully saturated rings. The summed E-state index contributed by atoms with van der Waals surface area (Å²) >= 11 is 2.32. The maximum absolute atomic E-state index is 8.12. The molecule has 0 aliphatic carbocycles. The monoisotopic (exact) mass is 365 g/mol. The first-order valence-electron chi connectivity index (χ1n) is 5.55. The molecule has 0 saturated carbocycles. The third kappa shape index (κ3) is 6.08. The van der Waals surface area contributed by atoms with Gasteiger partial charge in [-0.2, -0.15) is 9.59 Å². The molecule has 0 N–H and O–H groups in total. The molecule has 0 atom stereocenters. The maximum atomic E-state index is 8.12. The van der Waals surface area contributed by atoms with E-state index in [1.165, 1.54) is 14.7 Å². The summed E-state index contributed by atoms with van der Waals surface area (Å²) in [4.78, 5) is 20.7. The van der Waals surface area contributed by atoms with Crippen molar-refractivity contribution in [3.05, 3.63) is 69.3 Å². The average molecular weight is 365 g/mol. The number of halogens is 1. The van der Waals surface area contributed by atoms with Crippen molar-refractivity contribution in [1.29, 1.82) is 0 Å². The van der Waals surface area contributed by atoms with Crippen LogP contribution in [-0.4, -0.2) is 12.4 Å². The number of aliphatic imine (C=N–C) groups is 1. The van der Waals surface area contributed by atoms with Crippen LogP contribution in [0.1, 0.15) is 11.1 Å². The van der Waals surface area contributed by atoms with Crippen molar-refractivity contribution in [3.63, 3.8) is 0 Å². The van der Waals surface area contributed by atoms with E-state index in [0.29, 0.717) is 0 Å². The first kappa shape index (κ1) is 15.3. The van der Waals surface area contributed by atoms with Crippen molar-refractivity contribution in [1.82, 2.24) is 0 Å². The molecule has 0 aliphatic rings. The molecule has 0 aromatic heterocycles. The third-order valence-corrected chi connectivity index (χ3v) is 3.23. The maximum Gasteiger partial charge on any atom is 0.373 e. The lowest BCUT2D eigenvalue weighted by molar-refractivity contribution is -0.191. The van der Waals surface area contributed by atoms with Gasteiger partial charge in [-0.3, -0.25) is 4.99 Å². The molecule has 0 heterocycles. The van der Waals surface area contributed by atoms with Gasteiger partial charge in [0.15, 0.2) is 0 Å². The van der Waals surface area contributed by atoms with Crippen LogP contribution in [0.3, 0.4) is 0 Å². The molecule has 2 aromatic carbocycles. The zero-order valence-electron chi connectivity index (χ0n) is 10.1. The fourth-order valence-corrected chi connectivity index (χ4v) is 1.94. The Hall–Kier alpha value is -1.78. The fraction of sp³-hybridized carbons (Fsp3) is 0.0667. The quantitative estimate of drug-likeness (QED) is 0.619. The Balaban J connectivity index is 0.000000550. The minimum atomic E-state index is 0.250. The highest BCUT2D eigenvalue weighted by molar-refractivity contribution is 14.1. The SMILES string of the molecule is Ic1ccccc1C=NCc1ccccc1.O=C=O. The number of hydrogen-bond acceptors (Lipinski definition) is 3. The van der Waals surface area contributed by atoms with Crippen LogP contribution in [0.25, 0.3) is 0 Å². The first-order chi connectivity index (χ1) is 9.27. The van der Waals surface area contributed by atoms with Gasteiger partial charge in [0, 0.05) is 15.3 Å². The van der Waals surface area contributed by atoms with E-state index in [-0.39, 0.29) is 6.15 Å². The number of nitrogens with zero attached hydrogens (tertiary/aromatic N) is 1. The van der Waals surface area contributed by atoms with E-state index in [1.807, 2.05) is 36.5 Å². The Morgan fingerprint density at radius 2 is 1.58 bits per heavy atom. The van der Waals surface area contributed by atoms with E-state index < -0.39 is 0 Å². The molecule has 0 spiro atoms. The number of hydrogen-bond donors (Lipinski definition) is 0. The molecule has 0 aliphatic heterocycles. The second kappa shape index (κ2) is 9.19. The van der Waals surface area contributed by atoms with Crippen molar-refractivity contribution in [3.8, 4) is 0 Å². The van der Waals surface area contributed by atoms with Gasteiger partial charge >= 0.3 is 6.15 Å². The zero-order chi connectivity index (χ0) is 13.9. The largest absolute Gasteiger partial charge is 0.373 e. The van der Waals surface area contributed by atoms with Crippen LogP contribution < -0.4 is 0 Å². The molecule has 2 aromatic rings. The van der Waals surface area contributed by atoms with E-state index >= 15 is 0 Å². The highest BCUT2D eigenvalue weighted by Gasteiger charge is 1.93. The Morgan fingerprint density at radius 3 is 2.21 bits per heavy atom. The lowest BCUT2D eigenvalue weighted by Gasteiger charge is -1.97. The summed E-state index contributed by atoms with van der Waals surface area (Å²) in [6, 6.07) is 18.5. The van der Waals surface area contributed by atoms with Gasteiger partial charge in [-0.1, -0.05) is 48.5 Å². The van der Waals surface area contributed by atoms with Gasteiger partial charge in [0.2, 0.25) is 0 Å². The fourth-order valence-electron chi connectivity index (χ4n) is 1.41. The summed E-state index contributed by atoms with van der Waals surface area (Å²) < 4.78 is 1.23. The molecule has 0 unspecified atom stereocenters. The van der Waals surface area contributed by atoms with Gasteiger partial charge in [0.25, 0.3) is 0 Å². The van der Waals surface area contributed by atoms with E-state index in [0.717, 1.165) is 6.54 Å². The van der Waals surface area contributed by atoms with Crippen LogP contribution in [0, 0.1) is 3.57 Å². The number of benzene rings is 2. The van der Waals surface area contributed by atoms with Crippen LogP contribution in [0.15, 0.2) is 59.6 Å². The molecular formula is C15H12INO2. The predicted octanol–water partition coefficient (Wildman–Crippen LogP) is 3.33. The van der Waals surface area contributed by atoms with Gasteiger partial charge < -0.3 is 0 Å². The molecule has 0 radical (unpaired) electrons. The minimum absolute atomic E-state index is 0.250. The summed E-state index contributed by atoms with van der Waals surface area (Å²) in [5.41, 5.74) is 2.42. The number of carbonyl (C=O) groups excluding carboxylic acids is 2. The van der Waals surface area contributed by atoms with Crippen molar-refractivity contribution in [2.75, 3.05) is 0 Å². The topological polar surface area (TPSA) is 46.5 Å². The van der Waals surface area contributed by atoms with Crippen LogP contribution in [0.5, 0.6) is 0 Å². The van der Waals surface area contributed by atoms with E-state index in [1.54, 1.807) is 0 Å². The predicted molar refractivity (Wildman–Crippen MR) is 81.9 cm³/mol. The molecule has 0 amide bonds. The lowest BCUT2D eigenvalue weighted by Crippen LogP contribution is -1.87. The second-order valence-electron chi connectivity index (χ2n) is 3.56. The zero-order valence-corrected chi connectivity index (χ0v) is 12.3. The molecule has 2 rings (SSSR count). The van der Waals surface area contributed by atoms with Gasteiger partial charge in [-0.05, 0) is 34.2 Å².